The third-order valence-corrected chi connectivity index (χ3v) is 2.82. The number of aryl methyl sites for hydroxylation is 1. The van der Waals surface area contributed by atoms with Gasteiger partial charge in [0.1, 0.15) is 5.75 Å². The van der Waals surface area contributed by atoms with E-state index in [9.17, 15) is 9.59 Å². The molecular formula is C14H20N2O5. The number of anilines is 1. The van der Waals surface area contributed by atoms with Gasteiger partial charge < -0.3 is 25.2 Å². The Balaban J connectivity index is 2.84. The number of nitrogens with zero attached hydrogens (tertiary/aromatic N) is 1. The highest BCUT2D eigenvalue weighted by Crippen LogP contribution is 2.25. The third-order valence-electron chi connectivity index (χ3n) is 2.82. The highest BCUT2D eigenvalue weighted by Gasteiger charge is 2.22. The van der Waals surface area contributed by atoms with Crippen LogP contribution in [0.15, 0.2) is 18.2 Å². The smallest absolute Gasteiger partial charge is 0.314 e. The molecule has 0 spiro atoms. The monoisotopic (exact) mass is 296 g/mol. The van der Waals surface area contributed by atoms with Crippen LogP contribution >= 0.6 is 0 Å². The molecule has 0 radical (unpaired) electrons. The van der Waals surface area contributed by atoms with Gasteiger partial charge in [-0.15, -0.1) is 0 Å². The number of ether oxygens (including phenoxy) is 1. The molecule has 21 heavy (non-hydrogen) atoms. The number of carbonyl (C=O) groups is 2. The summed E-state index contributed by atoms with van der Waals surface area (Å²) in [6, 6.07) is 5.20. The van der Waals surface area contributed by atoms with E-state index >= 15 is 0 Å². The number of nitrogens with one attached hydrogen (secondary N) is 1. The van der Waals surface area contributed by atoms with Crippen molar-refractivity contribution in [2.45, 2.75) is 6.92 Å². The van der Waals surface area contributed by atoms with Gasteiger partial charge in [-0.25, -0.2) is 0 Å². The van der Waals surface area contributed by atoms with Crippen molar-refractivity contribution in [3.05, 3.63) is 23.8 Å². The maximum absolute atomic E-state index is 12.0. The van der Waals surface area contributed by atoms with Crippen LogP contribution < -0.4 is 10.1 Å². The first-order valence-corrected chi connectivity index (χ1v) is 6.50. The first kappa shape index (κ1) is 16.9. The van der Waals surface area contributed by atoms with Crippen molar-refractivity contribution in [3.63, 3.8) is 0 Å². The summed E-state index contributed by atoms with van der Waals surface area (Å²) < 4.78 is 5.12. The van der Waals surface area contributed by atoms with Crippen LogP contribution in [0.4, 0.5) is 5.69 Å². The Morgan fingerprint density at radius 1 is 1.24 bits per heavy atom. The van der Waals surface area contributed by atoms with Crippen LogP contribution in [0.5, 0.6) is 5.75 Å². The quantitative estimate of drug-likeness (QED) is 0.629. The summed E-state index contributed by atoms with van der Waals surface area (Å²) in [7, 11) is 1.46. The number of aliphatic hydroxyl groups excluding tert-OH is 2. The molecule has 0 aliphatic carbocycles. The number of rotatable bonds is 6. The van der Waals surface area contributed by atoms with Gasteiger partial charge in [0.15, 0.2) is 0 Å². The van der Waals surface area contributed by atoms with Gasteiger partial charge in [-0.3, -0.25) is 9.59 Å². The number of aliphatic hydroxyl groups is 2. The van der Waals surface area contributed by atoms with E-state index in [1.165, 1.54) is 7.11 Å². The van der Waals surface area contributed by atoms with Crippen molar-refractivity contribution >= 4 is 17.5 Å². The molecule has 1 aromatic rings. The predicted molar refractivity (Wildman–Crippen MR) is 77.1 cm³/mol. The molecule has 1 rings (SSSR count). The van der Waals surface area contributed by atoms with E-state index in [0.717, 1.165) is 10.5 Å². The summed E-state index contributed by atoms with van der Waals surface area (Å²) in [5.74, 6) is -1.22. The van der Waals surface area contributed by atoms with Gasteiger partial charge in [-0.05, 0) is 24.6 Å². The maximum Gasteiger partial charge on any atom is 0.314 e. The number of benzene rings is 1. The van der Waals surface area contributed by atoms with Crippen LogP contribution in [-0.4, -0.2) is 60.3 Å². The zero-order chi connectivity index (χ0) is 15.8. The van der Waals surface area contributed by atoms with Crippen molar-refractivity contribution in [2.24, 2.45) is 0 Å². The molecule has 1 aromatic carbocycles. The summed E-state index contributed by atoms with van der Waals surface area (Å²) >= 11 is 0. The lowest BCUT2D eigenvalue weighted by atomic mass is 10.2. The lowest BCUT2D eigenvalue weighted by Gasteiger charge is -2.20. The summed E-state index contributed by atoms with van der Waals surface area (Å²) in [5, 5.41) is 20.2. The highest BCUT2D eigenvalue weighted by molar-refractivity contribution is 6.39. The number of carbonyl (C=O) groups excluding carboxylic acids is 2. The highest BCUT2D eigenvalue weighted by atomic mass is 16.5. The summed E-state index contributed by atoms with van der Waals surface area (Å²) in [4.78, 5) is 25.0. The molecule has 0 saturated carbocycles. The van der Waals surface area contributed by atoms with Gasteiger partial charge in [0.05, 0.1) is 26.0 Å². The molecule has 7 heteroatoms. The van der Waals surface area contributed by atoms with Crippen LogP contribution in [0.25, 0.3) is 0 Å². The maximum atomic E-state index is 12.0. The number of methoxy groups -OCH3 is 1. The zero-order valence-electron chi connectivity index (χ0n) is 12.1. The average molecular weight is 296 g/mol. The predicted octanol–water partition coefficient (Wildman–Crippen LogP) is -0.245. The minimum absolute atomic E-state index is 0.0161. The Bertz CT molecular complexity index is 498. The molecule has 7 nitrogen and oxygen atoms in total. The van der Waals surface area contributed by atoms with Crippen molar-refractivity contribution in [2.75, 3.05) is 38.7 Å². The summed E-state index contributed by atoms with van der Waals surface area (Å²) in [5.41, 5.74) is 1.30. The summed E-state index contributed by atoms with van der Waals surface area (Å²) in [6.45, 7) is 1.25. The minimum Gasteiger partial charge on any atom is -0.495 e. The van der Waals surface area contributed by atoms with Crippen molar-refractivity contribution < 1.29 is 24.5 Å². The molecule has 3 N–H and O–H groups in total. The molecule has 2 amide bonds. The van der Waals surface area contributed by atoms with Gasteiger partial charge in [-0.2, -0.15) is 0 Å². The largest absolute Gasteiger partial charge is 0.495 e. The third kappa shape index (κ3) is 4.73. The molecule has 0 heterocycles. The molecule has 0 atom stereocenters. The fourth-order valence-corrected chi connectivity index (χ4v) is 1.80. The van der Waals surface area contributed by atoms with E-state index in [1.807, 2.05) is 13.0 Å². The molecule has 0 unspecified atom stereocenters. The second-order valence-corrected chi connectivity index (χ2v) is 4.40. The normalized spacial score (nSPS) is 10.1. The second kappa shape index (κ2) is 8.23. The number of hydrogen-bond acceptors (Lipinski definition) is 5. The molecule has 0 saturated heterocycles. The van der Waals surface area contributed by atoms with Crippen molar-refractivity contribution in [3.8, 4) is 5.75 Å². The van der Waals surface area contributed by atoms with Crippen molar-refractivity contribution in [1.82, 2.24) is 4.90 Å². The first-order valence-electron chi connectivity index (χ1n) is 6.50. The van der Waals surface area contributed by atoms with Gasteiger partial charge >= 0.3 is 11.8 Å². The lowest BCUT2D eigenvalue weighted by Crippen LogP contribution is -2.42. The van der Waals surface area contributed by atoms with Crippen LogP contribution in [0.2, 0.25) is 0 Å². The molecule has 0 fully saturated rings. The van der Waals surface area contributed by atoms with E-state index in [1.54, 1.807) is 12.1 Å². The second-order valence-electron chi connectivity index (χ2n) is 4.40. The van der Waals surface area contributed by atoms with Gasteiger partial charge in [0.2, 0.25) is 0 Å². The van der Waals surface area contributed by atoms with E-state index in [0.29, 0.717) is 11.4 Å². The Morgan fingerprint density at radius 2 is 1.86 bits per heavy atom. The number of amides is 2. The van der Waals surface area contributed by atoms with Crippen LogP contribution in [0.3, 0.4) is 0 Å². The minimum atomic E-state index is -0.846. The van der Waals surface area contributed by atoms with Crippen molar-refractivity contribution in [1.29, 1.82) is 0 Å². The van der Waals surface area contributed by atoms with E-state index in [-0.39, 0.29) is 26.3 Å². The standard InChI is InChI=1S/C14H20N2O5/c1-10-3-4-12(21-2)11(9-10)15-13(19)14(20)16(5-7-17)6-8-18/h3-4,9,17-18H,5-8H2,1-2H3,(H,15,19). The SMILES string of the molecule is COc1ccc(C)cc1NC(=O)C(=O)N(CCO)CCO. The molecule has 0 aliphatic rings. The van der Waals surface area contributed by atoms with Crippen LogP contribution in [-0.2, 0) is 9.59 Å². The van der Waals surface area contributed by atoms with Gasteiger partial charge in [0, 0.05) is 13.1 Å². The molecular weight excluding hydrogens is 276 g/mol. The average Bonchev–Trinajstić information content (AvgIpc) is 2.46. The Kier molecular flexibility index (Phi) is 6.64. The topological polar surface area (TPSA) is 99.1 Å². The van der Waals surface area contributed by atoms with Gasteiger partial charge in [-0.1, -0.05) is 6.07 Å². The van der Waals surface area contributed by atoms with E-state index in [4.69, 9.17) is 14.9 Å². The Morgan fingerprint density at radius 3 is 2.38 bits per heavy atom. The fourth-order valence-electron chi connectivity index (χ4n) is 1.80. The molecule has 0 aromatic heterocycles. The van der Waals surface area contributed by atoms with E-state index in [2.05, 4.69) is 5.32 Å². The molecule has 0 bridgehead atoms. The fraction of sp³-hybridized carbons (Fsp3) is 0.429. The first-order chi connectivity index (χ1) is 10.0. The number of hydrogen-bond donors (Lipinski definition) is 3. The Hall–Kier alpha value is -2.12. The van der Waals surface area contributed by atoms with E-state index < -0.39 is 11.8 Å². The van der Waals surface area contributed by atoms with Crippen LogP contribution in [0.1, 0.15) is 5.56 Å². The van der Waals surface area contributed by atoms with Gasteiger partial charge in [0.25, 0.3) is 0 Å². The Labute approximate surface area is 123 Å². The summed E-state index contributed by atoms with van der Waals surface area (Å²) in [6.07, 6.45) is 0. The van der Waals surface area contributed by atoms with Crippen LogP contribution in [0, 0.1) is 6.92 Å². The zero-order valence-corrected chi connectivity index (χ0v) is 12.1. The molecule has 0 aliphatic heterocycles. The lowest BCUT2D eigenvalue weighted by molar-refractivity contribution is -0.143. The molecule has 116 valence electrons.